The van der Waals surface area contributed by atoms with Crippen LogP contribution in [-0.4, -0.2) is 53.9 Å². The monoisotopic (exact) mass is 351 g/mol. The molecule has 0 bridgehead atoms. The molecule has 0 radical (unpaired) electrons. The Balaban J connectivity index is 1.60. The van der Waals surface area contributed by atoms with E-state index in [-0.39, 0.29) is 35.4 Å². The van der Waals surface area contributed by atoms with E-state index in [2.05, 4.69) is 10.3 Å². The molecule has 1 aliphatic heterocycles. The predicted molar refractivity (Wildman–Crippen MR) is 87.9 cm³/mol. The summed E-state index contributed by atoms with van der Waals surface area (Å²) in [7, 11) is 1.35. The van der Waals surface area contributed by atoms with E-state index in [9.17, 15) is 14.4 Å². The smallest absolute Gasteiger partial charge is 0.313 e. The molecule has 130 valence electrons. The molecule has 1 aromatic heterocycles. The van der Waals surface area contributed by atoms with Crippen LogP contribution in [0.1, 0.15) is 52.9 Å². The number of aromatic nitrogens is 1. The molecule has 2 heterocycles. The summed E-state index contributed by atoms with van der Waals surface area (Å²) in [5.41, 5.74) is -0.265. The third kappa shape index (κ3) is 3.15. The van der Waals surface area contributed by atoms with Crippen LogP contribution in [-0.2, 0) is 9.53 Å². The van der Waals surface area contributed by atoms with Crippen LogP contribution in [0, 0.1) is 5.41 Å². The number of nitrogens with one attached hydrogen (secondary N) is 1. The standard InChI is InChI=1S/C16H21N3O4S/c1-10-4-3-7-19(10)14(21)11-8-24-13(18-11)12(20)17-9-16(5-6-16)15(22)23-2/h8,10H,3-7,9H2,1-2H3,(H,17,20)/t10-/m0/s1. The van der Waals surface area contributed by atoms with E-state index in [0.717, 1.165) is 30.7 Å². The fourth-order valence-electron chi connectivity index (χ4n) is 3.00. The summed E-state index contributed by atoms with van der Waals surface area (Å²) in [6.45, 7) is 3.00. The molecular formula is C16H21N3O4S. The van der Waals surface area contributed by atoms with Gasteiger partial charge in [0.2, 0.25) is 0 Å². The Hall–Kier alpha value is -1.96. The van der Waals surface area contributed by atoms with Gasteiger partial charge in [0.1, 0.15) is 5.69 Å². The molecule has 1 N–H and O–H groups in total. The van der Waals surface area contributed by atoms with Crippen LogP contribution in [0.25, 0.3) is 0 Å². The number of thiazole rings is 1. The van der Waals surface area contributed by atoms with Crippen LogP contribution in [0.3, 0.4) is 0 Å². The van der Waals surface area contributed by atoms with Gasteiger partial charge in [-0.25, -0.2) is 4.98 Å². The number of esters is 1. The van der Waals surface area contributed by atoms with Gasteiger partial charge in [-0.05, 0) is 32.6 Å². The van der Waals surface area contributed by atoms with Crippen LogP contribution in [0.5, 0.6) is 0 Å². The van der Waals surface area contributed by atoms with Crippen LogP contribution in [0.2, 0.25) is 0 Å². The average Bonchev–Trinajstić information content (AvgIpc) is 3.00. The molecule has 2 fully saturated rings. The van der Waals surface area contributed by atoms with Crippen molar-refractivity contribution >= 4 is 29.1 Å². The van der Waals surface area contributed by atoms with Gasteiger partial charge < -0.3 is 15.0 Å². The van der Waals surface area contributed by atoms with Crippen molar-refractivity contribution in [3.63, 3.8) is 0 Å². The highest BCUT2D eigenvalue weighted by Gasteiger charge is 2.51. The largest absolute Gasteiger partial charge is 0.469 e. The number of hydrogen-bond donors (Lipinski definition) is 1. The number of ether oxygens (including phenoxy) is 1. The second-order valence-electron chi connectivity index (χ2n) is 6.48. The first-order valence-electron chi connectivity index (χ1n) is 8.10. The molecule has 2 aliphatic rings. The molecule has 1 atom stereocenters. The molecule has 0 unspecified atom stereocenters. The molecule has 1 saturated heterocycles. The van der Waals surface area contributed by atoms with Gasteiger partial charge >= 0.3 is 5.97 Å². The van der Waals surface area contributed by atoms with Gasteiger partial charge in [0.05, 0.1) is 12.5 Å². The second kappa shape index (κ2) is 6.51. The Bertz CT molecular complexity index is 668. The molecule has 1 saturated carbocycles. The fourth-order valence-corrected chi connectivity index (χ4v) is 3.71. The van der Waals surface area contributed by atoms with E-state index < -0.39 is 5.41 Å². The lowest BCUT2D eigenvalue weighted by atomic mass is 10.1. The summed E-state index contributed by atoms with van der Waals surface area (Å²) in [6, 6.07) is 0.214. The number of amides is 2. The van der Waals surface area contributed by atoms with Gasteiger partial charge in [0.15, 0.2) is 5.01 Å². The Labute approximate surface area is 144 Å². The van der Waals surface area contributed by atoms with Gasteiger partial charge in [-0.3, -0.25) is 14.4 Å². The lowest BCUT2D eigenvalue weighted by Gasteiger charge is -2.19. The highest BCUT2D eigenvalue weighted by atomic mass is 32.1. The summed E-state index contributed by atoms with van der Waals surface area (Å²) in [4.78, 5) is 42.3. The number of carbonyl (C=O) groups excluding carboxylic acids is 3. The van der Waals surface area contributed by atoms with Gasteiger partial charge in [-0.2, -0.15) is 0 Å². The van der Waals surface area contributed by atoms with Crippen molar-refractivity contribution in [3.05, 3.63) is 16.1 Å². The SMILES string of the molecule is COC(=O)C1(CNC(=O)c2nc(C(=O)N3CCC[C@@H]3C)cs2)CC1. The number of hydrogen-bond acceptors (Lipinski definition) is 6. The predicted octanol–water partition coefficient (Wildman–Crippen LogP) is 1.45. The molecule has 7 nitrogen and oxygen atoms in total. The highest BCUT2D eigenvalue weighted by molar-refractivity contribution is 7.11. The topological polar surface area (TPSA) is 88.6 Å². The molecule has 8 heteroatoms. The Kier molecular flexibility index (Phi) is 4.58. The normalized spacial score (nSPS) is 21.4. The molecule has 2 amide bonds. The van der Waals surface area contributed by atoms with E-state index in [1.807, 2.05) is 6.92 Å². The second-order valence-corrected chi connectivity index (χ2v) is 7.34. The summed E-state index contributed by atoms with van der Waals surface area (Å²) in [6.07, 6.45) is 3.43. The maximum absolute atomic E-state index is 12.4. The number of carbonyl (C=O) groups is 3. The molecule has 0 aromatic carbocycles. The molecule has 3 rings (SSSR count). The van der Waals surface area contributed by atoms with Crippen LogP contribution in [0.15, 0.2) is 5.38 Å². The van der Waals surface area contributed by atoms with E-state index >= 15 is 0 Å². The third-order valence-electron chi connectivity index (χ3n) is 4.79. The molecule has 24 heavy (non-hydrogen) atoms. The zero-order chi connectivity index (χ0) is 17.3. The molecule has 1 aliphatic carbocycles. The number of likely N-dealkylation sites (tertiary alicyclic amines) is 1. The summed E-state index contributed by atoms with van der Waals surface area (Å²) >= 11 is 1.14. The van der Waals surface area contributed by atoms with Crippen molar-refractivity contribution in [2.75, 3.05) is 20.2 Å². The zero-order valence-electron chi connectivity index (χ0n) is 13.8. The average molecular weight is 351 g/mol. The van der Waals surface area contributed by atoms with Crippen molar-refractivity contribution < 1.29 is 19.1 Å². The Morgan fingerprint density at radius 1 is 1.46 bits per heavy atom. The Morgan fingerprint density at radius 2 is 2.21 bits per heavy atom. The number of nitrogens with zero attached hydrogens (tertiary/aromatic N) is 2. The first-order chi connectivity index (χ1) is 11.5. The lowest BCUT2D eigenvalue weighted by molar-refractivity contribution is -0.146. The minimum atomic E-state index is -0.578. The summed E-state index contributed by atoms with van der Waals surface area (Å²) in [5, 5.41) is 4.59. The minimum Gasteiger partial charge on any atom is -0.469 e. The maximum atomic E-state index is 12.4. The molecule has 1 aromatic rings. The van der Waals surface area contributed by atoms with Crippen molar-refractivity contribution in [2.45, 2.75) is 38.6 Å². The van der Waals surface area contributed by atoms with Gasteiger partial charge in [0, 0.05) is 24.5 Å². The summed E-state index contributed by atoms with van der Waals surface area (Å²) < 4.78 is 4.76. The quantitative estimate of drug-likeness (QED) is 0.811. The first kappa shape index (κ1) is 16.9. The lowest BCUT2D eigenvalue weighted by Crippen LogP contribution is -2.35. The molecule has 0 spiro atoms. The van der Waals surface area contributed by atoms with Crippen molar-refractivity contribution in [3.8, 4) is 0 Å². The minimum absolute atomic E-state index is 0.122. The van der Waals surface area contributed by atoms with Crippen LogP contribution in [0.4, 0.5) is 0 Å². The molecular weight excluding hydrogens is 330 g/mol. The van der Waals surface area contributed by atoms with Gasteiger partial charge in [-0.15, -0.1) is 11.3 Å². The van der Waals surface area contributed by atoms with Crippen LogP contribution < -0.4 is 5.32 Å². The van der Waals surface area contributed by atoms with Gasteiger partial charge in [0.25, 0.3) is 11.8 Å². The van der Waals surface area contributed by atoms with Crippen molar-refractivity contribution in [1.82, 2.24) is 15.2 Å². The number of rotatable bonds is 5. The maximum Gasteiger partial charge on any atom is 0.313 e. The Morgan fingerprint density at radius 3 is 2.79 bits per heavy atom. The summed E-state index contributed by atoms with van der Waals surface area (Å²) in [5.74, 6) is -0.770. The zero-order valence-corrected chi connectivity index (χ0v) is 14.6. The van der Waals surface area contributed by atoms with E-state index in [1.54, 1.807) is 10.3 Å². The van der Waals surface area contributed by atoms with E-state index in [1.165, 1.54) is 7.11 Å². The van der Waals surface area contributed by atoms with E-state index in [4.69, 9.17) is 4.74 Å². The third-order valence-corrected chi connectivity index (χ3v) is 5.63. The van der Waals surface area contributed by atoms with Crippen molar-refractivity contribution in [2.24, 2.45) is 5.41 Å². The van der Waals surface area contributed by atoms with Crippen LogP contribution >= 0.6 is 11.3 Å². The highest BCUT2D eigenvalue weighted by Crippen LogP contribution is 2.46. The van der Waals surface area contributed by atoms with E-state index in [0.29, 0.717) is 18.5 Å². The van der Waals surface area contributed by atoms with Gasteiger partial charge in [-0.1, -0.05) is 0 Å². The fraction of sp³-hybridized carbons (Fsp3) is 0.625. The first-order valence-corrected chi connectivity index (χ1v) is 8.98. The van der Waals surface area contributed by atoms with Crippen molar-refractivity contribution in [1.29, 1.82) is 0 Å². The number of methoxy groups -OCH3 is 1.